The van der Waals surface area contributed by atoms with Gasteiger partial charge in [-0.2, -0.15) is 5.10 Å². The molecule has 1 unspecified atom stereocenters. The van der Waals surface area contributed by atoms with Crippen molar-refractivity contribution in [2.75, 3.05) is 27.0 Å². The second kappa shape index (κ2) is 8.59. The van der Waals surface area contributed by atoms with E-state index in [1.165, 1.54) is 0 Å². The molecule has 0 spiro atoms. The number of carbonyl (C=O) groups is 1. The Morgan fingerprint density at radius 3 is 2.92 bits per heavy atom. The number of likely N-dealkylation sites (N-methyl/N-ethyl adjacent to an activating group) is 1. The second-order valence-corrected chi connectivity index (χ2v) is 5.32. The van der Waals surface area contributed by atoms with Gasteiger partial charge in [-0.3, -0.25) is 9.48 Å². The zero-order valence-corrected chi connectivity index (χ0v) is 14.8. The molecule has 2 aromatic rings. The Bertz CT molecular complexity index is 722. The minimum Gasteiger partial charge on any atom is -0.492 e. The van der Waals surface area contributed by atoms with Gasteiger partial charge in [0.1, 0.15) is 18.4 Å². The second-order valence-electron chi connectivity index (χ2n) is 5.32. The van der Waals surface area contributed by atoms with Gasteiger partial charge >= 0.3 is 0 Å². The number of rotatable bonds is 7. The predicted octanol–water partition coefficient (Wildman–Crippen LogP) is 1.03. The van der Waals surface area contributed by atoms with Gasteiger partial charge in [-0.15, -0.1) is 12.4 Å². The number of amides is 1. The highest BCUT2D eigenvalue weighted by molar-refractivity contribution is 5.85. The summed E-state index contributed by atoms with van der Waals surface area (Å²) in [5.41, 5.74) is 0.814. The van der Waals surface area contributed by atoms with E-state index in [1.54, 1.807) is 36.1 Å². The molecule has 9 heteroatoms. The molecule has 0 fully saturated rings. The van der Waals surface area contributed by atoms with Crippen molar-refractivity contribution in [3.05, 3.63) is 36.2 Å². The topological polar surface area (TPSA) is 86.6 Å². The van der Waals surface area contributed by atoms with Crippen LogP contribution in [0.25, 0.3) is 0 Å². The maximum absolute atomic E-state index is 12.2. The average molecular weight is 369 g/mol. The van der Waals surface area contributed by atoms with E-state index in [-0.39, 0.29) is 25.1 Å². The van der Waals surface area contributed by atoms with E-state index in [1.807, 2.05) is 13.2 Å². The van der Waals surface area contributed by atoms with Crippen LogP contribution in [0, 0.1) is 0 Å². The van der Waals surface area contributed by atoms with Gasteiger partial charge in [0, 0.05) is 24.9 Å². The fourth-order valence-electron chi connectivity index (χ4n) is 2.45. The van der Waals surface area contributed by atoms with Crippen LogP contribution in [0.1, 0.15) is 11.6 Å². The molecule has 0 bridgehead atoms. The van der Waals surface area contributed by atoms with E-state index in [4.69, 9.17) is 14.2 Å². The quantitative estimate of drug-likeness (QED) is 0.710. The number of benzene rings is 1. The van der Waals surface area contributed by atoms with Crippen LogP contribution in [0.15, 0.2) is 30.6 Å². The van der Waals surface area contributed by atoms with Crippen LogP contribution in [0.2, 0.25) is 0 Å². The van der Waals surface area contributed by atoms with Crippen LogP contribution in [-0.4, -0.2) is 42.7 Å². The molecule has 0 aliphatic carbocycles. The van der Waals surface area contributed by atoms with Gasteiger partial charge in [-0.1, -0.05) is 0 Å². The Labute approximate surface area is 151 Å². The number of nitrogens with zero attached hydrogens (tertiary/aromatic N) is 2. The van der Waals surface area contributed by atoms with Crippen molar-refractivity contribution in [2.24, 2.45) is 7.05 Å². The van der Waals surface area contributed by atoms with E-state index in [0.717, 1.165) is 5.56 Å². The predicted molar refractivity (Wildman–Crippen MR) is 93.3 cm³/mol. The summed E-state index contributed by atoms with van der Waals surface area (Å²) in [5.74, 6) is 1.93. The van der Waals surface area contributed by atoms with E-state index in [2.05, 4.69) is 15.7 Å². The minimum absolute atomic E-state index is 0. The lowest BCUT2D eigenvalue weighted by molar-refractivity contribution is -0.123. The summed E-state index contributed by atoms with van der Waals surface area (Å²) in [4.78, 5) is 12.2. The van der Waals surface area contributed by atoms with Crippen molar-refractivity contribution in [3.63, 3.8) is 0 Å². The van der Waals surface area contributed by atoms with Crippen molar-refractivity contribution in [2.45, 2.75) is 6.04 Å². The molecule has 0 radical (unpaired) electrons. The third-order valence-corrected chi connectivity index (χ3v) is 3.62. The van der Waals surface area contributed by atoms with E-state index >= 15 is 0 Å². The molecule has 0 saturated heterocycles. The molecule has 2 N–H and O–H groups in total. The van der Waals surface area contributed by atoms with E-state index in [0.29, 0.717) is 30.4 Å². The molecule has 8 nitrogen and oxygen atoms in total. The normalized spacial score (nSPS) is 13.0. The summed E-state index contributed by atoms with van der Waals surface area (Å²) in [6, 6.07) is 4.94. The number of aromatic nitrogens is 2. The summed E-state index contributed by atoms with van der Waals surface area (Å²) >= 11 is 0. The number of hydrogen-bond acceptors (Lipinski definition) is 6. The SMILES string of the molecule is CNC(C(=O)NCCOc1ccc2c(c1)OCO2)c1cnn(C)c1.Cl. The molecule has 1 aromatic carbocycles. The van der Waals surface area contributed by atoms with Gasteiger partial charge in [0.2, 0.25) is 12.7 Å². The van der Waals surface area contributed by atoms with Gasteiger partial charge in [0.25, 0.3) is 0 Å². The maximum atomic E-state index is 12.2. The zero-order chi connectivity index (χ0) is 16.9. The molecule has 1 amide bonds. The summed E-state index contributed by atoms with van der Waals surface area (Å²) in [7, 11) is 3.55. The van der Waals surface area contributed by atoms with Crippen molar-refractivity contribution in [1.29, 1.82) is 0 Å². The molecule has 1 aliphatic rings. The van der Waals surface area contributed by atoms with Crippen LogP contribution in [0.3, 0.4) is 0 Å². The lowest BCUT2D eigenvalue weighted by Crippen LogP contribution is -2.37. The van der Waals surface area contributed by atoms with Crippen LogP contribution >= 0.6 is 12.4 Å². The molecule has 3 rings (SSSR count). The van der Waals surface area contributed by atoms with E-state index < -0.39 is 6.04 Å². The average Bonchev–Trinajstić information content (AvgIpc) is 3.21. The molecule has 1 atom stereocenters. The summed E-state index contributed by atoms with van der Waals surface area (Å²) in [6.07, 6.45) is 3.48. The molecular formula is C16H21ClN4O4. The van der Waals surface area contributed by atoms with Gasteiger partial charge < -0.3 is 24.8 Å². The standard InChI is InChI=1S/C16H20N4O4.ClH/c1-17-15(11-8-19-20(2)9-11)16(21)18-5-6-22-12-3-4-13-14(7-12)24-10-23-13;/h3-4,7-9,15,17H,5-6,10H2,1-2H3,(H,18,21);1H. The lowest BCUT2D eigenvalue weighted by Gasteiger charge is -2.15. The van der Waals surface area contributed by atoms with Gasteiger partial charge in [-0.25, -0.2) is 0 Å². The van der Waals surface area contributed by atoms with Crippen LogP contribution in [0.4, 0.5) is 0 Å². The van der Waals surface area contributed by atoms with Crippen LogP contribution in [0.5, 0.6) is 17.2 Å². The molecule has 1 aliphatic heterocycles. The summed E-state index contributed by atoms with van der Waals surface area (Å²) in [6.45, 7) is 0.981. The highest BCUT2D eigenvalue weighted by Crippen LogP contribution is 2.34. The fraction of sp³-hybridized carbons (Fsp3) is 0.375. The Balaban J connectivity index is 0.00000225. The van der Waals surface area contributed by atoms with Crippen molar-refractivity contribution < 1.29 is 19.0 Å². The van der Waals surface area contributed by atoms with Gasteiger partial charge in [0.05, 0.1) is 12.7 Å². The van der Waals surface area contributed by atoms with Crippen molar-refractivity contribution in [1.82, 2.24) is 20.4 Å². The minimum atomic E-state index is -0.441. The Morgan fingerprint density at radius 2 is 2.20 bits per heavy atom. The smallest absolute Gasteiger partial charge is 0.241 e. The zero-order valence-electron chi connectivity index (χ0n) is 14.0. The first-order valence-electron chi connectivity index (χ1n) is 7.63. The molecular weight excluding hydrogens is 348 g/mol. The lowest BCUT2D eigenvalue weighted by atomic mass is 10.1. The Hall–Kier alpha value is -2.45. The molecule has 1 aromatic heterocycles. The highest BCUT2D eigenvalue weighted by Gasteiger charge is 2.19. The van der Waals surface area contributed by atoms with Gasteiger partial charge in [-0.05, 0) is 19.2 Å². The first-order chi connectivity index (χ1) is 11.7. The summed E-state index contributed by atoms with van der Waals surface area (Å²) < 4.78 is 17.8. The summed E-state index contributed by atoms with van der Waals surface area (Å²) in [5, 5.41) is 9.91. The monoisotopic (exact) mass is 368 g/mol. The molecule has 0 saturated carbocycles. The van der Waals surface area contributed by atoms with E-state index in [9.17, 15) is 4.79 Å². The number of nitrogens with one attached hydrogen (secondary N) is 2. The Kier molecular flexibility index (Phi) is 6.49. The van der Waals surface area contributed by atoms with Gasteiger partial charge in [0.15, 0.2) is 11.5 Å². The van der Waals surface area contributed by atoms with Crippen LogP contribution in [-0.2, 0) is 11.8 Å². The molecule has 136 valence electrons. The van der Waals surface area contributed by atoms with Crippen LogP contribution < -0.4 is 24.8 Å². The fourth-order valence-corrected chi connectivity index (χ4v) is 2.45. The number of ether oxygens (including phenoxy) is 3. The maximum Gasteiger partial charge on any atom is 0.241 e. The first kappa shape index (κ1) is 18.9. The molecule has 2 heterocycles. The number of hydrogen-bond donors (Lipinski definition) is 2. The number of aryl methyl sites for hydroxylation is 1. The largest absolute Gasteiger partial charge is 0.492 e. The first-order valence-corrected chi connectivity index (χ1v) is 7.63. The third-order valence-electron chi connectivity index (χ3n) is 3.62. The number of carbonyl (C=O) groups excluding carboxylic acids is 1. The van der Waals surface area contributed by atoms with Crippen molar-refractivity contribution >= 4 is 18.3 Å². The highest BCUT2D eigenvalue weighted by atomic mass is 35.5. The molecule has 25 heavy (non-hydrogen) atoms. The number of halogens is 1. The number of fused-ring (bicyclic) bond motifs is 1. The third kappa shape index (κ3) is 4.55. The Morgan fingerprint density at radius 1 is 1.40 bits per heavy atom. The van der Waals surface area contributed by atoms with Crippen molar-refractivity contribution in [3.8, 4) is 17.2 Å².